The second-order valence-electron chi connectivity index (χ2n) is 6.30. The molecule has 2 aromatic carbocycles. The fourth-order valence-electron chi connectivity index (χ4n) is 3.25. The standard InChI is InChI=1S/C22H27NO5/c1-4-25-19-13-15(14-20(26-5-2)21(19)27-6-3)22(24)23-17-11-12-28-18-10-8-7-9-16(17)18/h7-10,13-14,17H,4-6,11-12H2,1-3H3,(H,23,24)/t17-/m0/s1. The number of hydrogen-bond donors (Lipinski definition) is 1. The van der Waals surface area contributed by atoms with Crippen LogP contribution in [0.2, 0.25) is 0 Å². The van der Waals surface area contributed by atoms with Crippen molar-refractivity contribution in [1.29, 1.82) is 0 Å². The molecule has 1 atom stereocenters. The van der Waals surface area contributed by atoms with E-state index in [-0.39, 0.29) is 11.9 Å². The van der Waals surface area contributed by atoms with E-state index in [1.54, 1.807) is 12.1 Å². The largest absolute Gasteiger partial charge is 0.493 e. The van der Waals surface area contributed by atoms with E-state index in [0.717, 1.165) is 17.7 Å². The molecular weight excluding hydrogens is 358 g/mol. The normalized spacial score (nSPS) is 15.2. The third-order valence-corrected chi connectivity index (χ3v) is 4.44. The predicted octanol–water partition coefficient (Wildman–Crippen LogP) is 4.14. The number of rotatable bonds is 8. The first-order valence-electron chi connectivity index (χ1n) is 9.76. The second kappa shape index (κ2) is 9.35. The Kier molecular flexibility index (Phi) is 6.63. The molecule has 1 N–H and O–H groups in total. The summed E-state index contributed by atoms with van der Waals surface area (Å²) in [6.45, 7) is 7.65. The Morgan fingerprint density at radius 3 is 2.32 bits per heavy atom. The summed E-state index contributed by atoms with van der Waals surface area (Å²) < 4.78 is 22.8. The molecule has 150 valence electrons. The fourth-order valence-corrected chi connectivity index (χ4v) is 3.25. The summed E-state index contributed by atoms with van der Waals surface area (Å²) in [5.41, 5.74) is 1.46. The summed E-state index contributed by atoms with van der Waals surface area (Å²) in [6, 6.07) is 11.1. The Bertz CT molecular complexity index is 793. The van der Waals surface area contributed by atoms with Gasteiger partial charge in [0.2, 0.25) is 5.75 Å². The number of amides is 1. The van der Waals surface area contributed by atoms with Gasteiger partial charge in [0.1, 0.15) is 5.75 Å². The van der Waals surface area contributed by atoms with Gasteiger partial charge in [-0.1, -0.05) is 18.2 Å². The molecule has 28 heavy (non-hydrogen) atoms. The monoisotopic (exact) mass is 385 g/mol. The minimum absolute atomic E-state index is 0.102. The van der Waals surface area contributed by atoms with Crippen molar-refractivity contribution in [3.63, 3.8) is 0 Å². The molecule has 1 heterocycles. The Balaban J connectivity index is 1.89. The first kappa shape index (κ1) is 19.9. The molecular formula is C22H27NO5. The van der Waals surface area contributed by atoms with Gasteiger partial charge in [-0.25, -0.2) is 0 Å². The maximum Gasteiger partial charge on any atom is 0.252 e. The number of fused-ring (bicyclic) bond motifs is 1. The molecule has 0 bridgehead atoms. The number of nitrogens with one attached hydrogen (secondary N) is 1. The average Bonchev–Trinajstić information content (AvgIpc) is 2.71. The number of para-hydroxylation sites is 1. The van der Waals surface area contributed by atoms with Crippen LogP contribution in [0.25, 0.3) is 0 Å². The molecule has 0 spiro atoms. The van der Waals surface area contributed by atoms with E-state index in [1.165, 1.54) is 0 Å². The van der Waals surface area contributed by atoms with Crippen LogP contribution in [0, 0.1) is 0 Å². The smallest absolute Gasteiger partial charge is 0.252 e. The number of carbonyl (C=O) groups excluding carboxylic acids is 1. The third kappa shape index (κ3) is 4.32. The summed E-state index contributed by atoms with van der Waals surface area (Å²) in [6.07, 6.45) is 0.719. The lowest BCUT2D eigenvalue weighted by Crippen LogP contribution is -2.32. The van der Waals surface area contributed by atoms with E-state index >= 15 is 0 Å². The number of ether oxygens (including phenoxy) is 4. The van der Waals surface area contributed by atoms with Crippen molar-refractivity contribution in [2.45, 2.75) is 33.2 Å². The number of benzene rings is 2. The van der Waals surface area contributed by atoms with Crippen LogP contribution in [-0.4, -0.2) is 32.3 Å². The topological polar surface area (TPSA) is 66.0 Å². The van der Waals surface area contributed by atoms with Crippen LogP contribution in [0.3, 0.4) is 0 Å². The summed E-state index contributed by atoms with van der Waals surface area (Å²) in [5, 5.41) is 3.11. The van der Waals surface area contributed by atoms with Gasteiger partial charge in [0.15, 0.2) is 11.5 Å². The zero-order valence-corrected chi connectivity index (χ0v) is 16.6. The molecule has 0 aliphatic carbocycles. The molecule has 1 amide bonds. The van der Waals surface area contributed by atoms with E-state index in [4.69, 9.17) is 18.9 Å². The van der Waals surface area contributed by atoms with Gasteiger partial charge in [0, 0.05) is 17.5 Å². The van der Waals surface area contributed by atoms with Gasteiger partial charge in [-0.3, -0.25) is 4.79 Å². The molecule has 2 aromatic rings. The van der Waals surface area contributed by atoms with Crippen molar-refractivity contribution in [3.05, 3.63) is 47.5 Å². The molecule has 6 nitrogen and oxygen atoms in total. The van der Waals surface area contributed by atoms with Gasteiger partial charge in [0.05, 0.1) is 32.5 Å². The first-order chi connectivity index (χ1) is 13.7. The van der Waals surface area contributed by atoms with Crippen molar-refractivity contribution >= 4 is 5.91 Å². The molecule has 0 saturated carbocycles. The highest BCUT2D eigenvalue weighted by atomic mass is 16.5. The minimum Gasteiger partial charge on any atom is -0.493 e. The van der Waals surface area contributed by atoms with Crippen molar-refractivity contribution in [1.82, 2.24) is 5.32 Å². The van der Waals surface area contributed by atoms with E-state index in [1.807, 2.05) is 45.0 Å². The summed E-state index contributed by atoms with van der Waals surface area (Å²) in [7, 11) is 0. The Morgan fingerprint density at radius 2 is 1.68 bits per heavy atom. The van der Waals surface area contributed by atoms with Crippen LogP contribution in [0.15, 0.2) is 36.4 Å². The van der Waals surface area contributed by atoms with Crippen LogP contribution in [0.1, 0.15) is 49.2 Å². The molecule has 0 fully saturated rings. The van der Waals surface area contributed by atoms with Gasteiger partial charge < -0.3 is 24.3 Å². The zero-order chi connectivity index (χ0) is 19.9. The summed E-state index contributed by atoms with van der Waals surface area (Å²) in [5.74, 6) is 2.17. The predicted molar refractivity (Wildman–Crippen MR) is 107 cm³/mol. The Morgan fingerprint density at radius 1 is 1.04 bits per heavy atom. The maximum atomic E-state index is 13.0. The average molecular weight is 385 g/mol. The highest BCUT2D eigenvalue weighted by molar-refractivity contribution is 5.96. The number of hydrogen-bond acceptors (Lipinski definition) is 5. The second-order valence-corrected chi connectivity index (χ2v) is 6.30. The Labute approximate surface area is 165 Å². The van der Waals surface area contributed by atoms with Crippen molar-refractivity contribution in [2.75, 3.05) is 26.4 Å². The highest BCUT2D eigenvalue weighted by Crippen LogP contribution is 2.39. The van der Waals surface area contributed by atoms with Crippen LogP contribution >= 0.6 is 0 Å². The molecule has 3 rings (SSSR count). The van der Waals surface area contributed by atoms with Crippen LogP contribution in [0.5, 0.6) is 23.0 Å². The van der Waals surface area contributed by atoms with Crippen LogP contribution < -0.4 is 24.3 Å². The zero-order valence-electron chi connectivity index (χ0n) is 16.6. The van der Waals surface area contributed by atoms with Gasteiger partial charge in [-0.2, -0.15) is 0 Å². The third-order valence-electron chi connectivity index (χ3n) is 4.44. The van der Waals surface area contributed by atoms with E-state index in [2.05, 4.69) is 5.32 Å². The highest BCUT2D eigenvalue weighted by Gasteiger charge is 2.25. The first-order valence-corrected chi connectivity index (χ1v) is 9.76. The lowest BCUT2D eigenvalue weighted by Gasteiger charge is -2.27. The summed E-state index contributed by atoms with van der Waals surface area (Å²) >= 11 is 0. The van der Waals surface area contributed by atoms with Crippen molar-refractivity contribution in [2.24, 2.45) is 0 Å². The van der Waals surface area contributed by atoms with Crippen LogP contribution in [-0.2, 0) is 0 Å². The molecule has 1 aliphatic heterocycles. The van der Waals surface area contributed by atoms with E-state index in [0.29, 0.717) is 49.2 Å². The van der Waals surface area contributed by atoms with Crippen LogP contribution in [0.4, 0.5) is 0 Å². The summed E-state index contributed by atoms with van der Waals surface area (Å²) in [4.78, 5) is 13.0. The molecule has 6 heteroatoms. The van der Waals surface area contributed by atoms with Gasteiger partial charge in [-0.05, 0) is 39.0 Å². The lowest BCUT2D eigenvalue weighted by atomic mass is 10.00. The van der Waals surface area contributed by atoms with Gasteiger partial charge >= 0.3 is 0 Å². The molecule has 0 saturated heterocycles. The minimum atomic E-state index is -0.188. The SMILES string of the molecule is CCOc1cc(C(=O)N[C@H]2CCOc3ccccc32)cc(OCC)c1OCC. The lowest BCUT2D eigenvalue weighted by molar-refractivity contribution is 0.0923. The van der Waals surface area contributed by atoms with Crippen molar-refractivity contribution in [3.8, 4) is 23.0 Å². The van der Waals surface area contributed by atoms with E-state index < -0.39 is 0 Å². The van der Waals surface area contributed by atoms with Crippen molar-refractivity contribution < 1.29 is 23.7 Å². The maximum absolute atomic E-state index is 13.0. The Hall–Kier alpha value is -2.89. The molecule has 0 radical (unpaired) electrons. The number of carbonyl (C=O) groups is 1. The molecule has 0 unspecified atom stereocenters. The molecule has 0 aromatic heterocycles. The fraction of sp³-hybridized carbons (Fsp3) is 0.409. The van der Waals surface area contributed by atoms with Gasteiger partial charge in [0.25, 0.3) is 5.91 Å². The van der Waals surface area contributed by atoms with E-state index in [9.17, 15) is 4.79 Å². The quantitative estimate of drug-likeness (QED) is 0.740. The molecule has 1 aliphatic rings. The van der Waals surface area contributed by atoms with Gasteiger partial charge in [-0.15, -0.1) is 0 Å².